The molecule has 0 bridgehead atoms. The van der Waals surface area contributed by atoms with Crippen LogP contribution < -0.4 is 5.32 Å². The summed E-state index contributed by atoms with van der Waals surface area (Å²) in [7, 11) is 0. The lowest BCUT2D eigenvalue weighted by Gasteiger charge is -2.08. The van der Waals surface area contributed by atoms with Crippen molar-refractivity contribution in [1.82, 2.24) is 5.32 Å². The molecule has 0 saturated heterocycles. The SMILES string of the molecule is Cc1ccc(CCNCCC(C)C(=O)O)cc1C. The van der Waals surface area contributed by atoms with Crippen molar-refractivity contribution in [2.24, 2.45) is 5.92 Å². The van der Waals surface area contributed by atoms with Gasteiger partial charge in [-0.1, -0.05) is 25.1 Å². The Bertz CT molecular complexity index is 401. The van der Waals surface area contributed by atoms with Gasteiger partial charge in [-0.05, 0) is 56.5 Å². The predicted octanol–water partition coefficient (Wildman–Crippen LogP) is 2.55. The topological polar surface area (TPSA) is 49.3 Å². The van der Waals surface area contributed by atoms with Gasteiger partial charge >= 0.3 is 5.97 Å². The van der Waals surface area contributed by atoms with Crippen LogP contribution in [-0.4, -0.2) is 24.2 Å². The molecular formula is C15H23NO2. The molecule has 3 nitrogen and oxygen atoms in total. The number of benzene rings is 1. The van der Waals surface area contributed by atoms with Crippen LogP contribution in [-0.2, 0) is 11.2 Å². The zero-order valence-electron chi connectivity index (χ0n) is 11.5. The highest BCUT2D eigenvalue weighted by Crippen LogP contribution is 2.09. The molecule has 100 valence electrons. The van der Waals surface area contributed by atoms with E-state index in [1.807, 2.05) is 0 Å². The van der Waals surface area contributed by atoms with Gasteiger partial charge in [0.2, 0.25) is 0 Å². The van der Waals surface area contributed by atoms with Crippen molar-refractivity contribution in [2.45, 2.75) is 33.6 Å². The monoisotopic (exact) mass is 249 g/mol. The average molecular weight is 249 g/mol. The first-order valence-corrected chi connectivity index (χ1v) is 6.50. The highest BCUT2D eigenvalue weighted by molar-refractivity contribution is 5.69. The van der Waals surface area contributed by atoms with Gasteiger partial charge in [0.15, 0.2) is 0 Å². The molecule has 0 saturated carbocycles. The molecule has 0 aliphatic carbocycles. The molecule has 0 spiro atoms. The number of nitrogens with one attached hydrogen (secondary N) is 1. The second-order valence-electron chi connectivity index (χ2n) is 4.95. The van der Waals surface area contributed by atoms with Crippen LogP contribution in [0.5, 0.6) is 0 Å². The van der Waals surface area contributed by atoms with Gasteiger partial charge in [0.1, 0.15) is 0 Å². The van der Waals surface area contributed by atoms with Gasteiger partial charge < -0.3 is 10.4 Å². The third kappa shape index (κ3) is 4.88. The zero-order valence-corrected chi connectivity index (χ0v) is 11.5. The molecule has 0 heterocycles. The van der Waals surface area contributed by atoms with Crippen molar-refractivity contribution in [3.8, 4) is 0 Å². The van der Waals surface area contributed by atoms with E-state index in [1.54, 1.807) is 6.92 Å². The number of aryl methyl sites for hydroxylation is 2. The van der Waals surface area contributed by atoms with Gasteiger partial charge in [-0.3, -0.25) is 4.79 Å². The Morgan fingerprint density at radius 1 is 1.28 bits per heavy atom. The molecule has 0 amide bonds. The normalized spacial score (nSPS) is 12.4. The Morgan fingerprint density at radius 3 is 2.61 bits per heavy atom. The van der Waals surface area contributed by atoms with Crippen LogP contribution in [0.3, 0.4) is 0 Å². The molecule has 1 rings (SSSR count). The minimum atomic E-state index is -0.717. The number of carboxylic acids is 1. The van der Waals surface area contributed by atoms with Gasteiger partial charge in [-0.25, -0.2) is 0 Å². The summed E-state index contributed by atoms with van der Waals surface area (Å²) >= 11 is 0. The van der Waals surface area contributed by atoms with Crippen LogP contribution in [0.15, 0.2) is 18.2 Å². The fraction of sp³-hybridized carbons (Fsp3) is 0.533. The lowest BCUT2D eigenvalue weighted by Crippen LogP contribution is -2.22. The standard InChI is InChI=1S/C15H23NO2/c1-11-4-5-14(10-13(11)3)7-9-16-8-6-12(2)15(17)18/h4-5,10,12,16H,6-9H2,1-3H3,(H,17,18). The van der Waals surface area contributed by atoms with E-state index in [0.29, 0.717) is 6.42 Å². The first kappa shape index (κ1) is 14.7. The molecule has 18 heavy (non-hydrogen) atoms. The molecule has 0 fully saturated rings. The fourth-order valence-corrected chi connectivity index (χ4v) is 1.76. The Balaban J connectivity index is 2.22. The Labute approximate surface area is 109 Å². The molecule has 2 N–H and O–H groups in total. The maximum Gasteiger partial charge on any atom is 0.306 e. The summed E-state index contributed by atoms with van der Waals surface area (Å²) < 4.78 is 0. The van der Waals surface area contributed by atoms with Crippen LogP contribution in [0.4, 0.5) is 0 Å². The molecule has 0 radical (unpaired) electrons. The quantitative estimate of drug-likeness (QED) is 0.730. The number of carbonyl (C=O) groups is 1. The predicted molar refractivity (Wildman–Crippen MR) is 73.9 cm³/mol. The lowest BCUT2D eigenvalue weighted by atomic mass is 10.0. The lowest BCUT2D eigenvalue weighted by molar-refractivity contribution is -0.141. The highest BCUT2D eigenvalue weighted by Gasteiger charge is 2.09. The minimum Gasteiger partial charge on any atom is -0.481 e. The largest absolute Gasteiger partial charge is 0.481 e. The van der Waals surface area contributed by atoms with Crippen molar-refractivity contribution >= 4 is 5.97 Å². The summed E-state index contributed by atoms with van der Waals surface area (Å²) in [6, 6.07) is 6.53. The second-order valence-corrected chi connectivity index (χ2v) is 4.95. The van der Waals surface area contributed by atoms with Crippen molar-refractivity contribution in [2.75, 3.05) is 13.1 Å². The van der Waals surface area contributed by atoms with E-state index in [4.69, 9.17) is 5.11 Å². The molecule has 1 atom stereocenters. The van der Waals surface area contributed by atoms with Crippen LogP contribution in [0.2, 0.25) is 0 Å². The van der Waals surface area contributed by atoms with E-state index in [0.717, 1.165) is 19.5 Å². The number of rotatable bonds is 7. The number of hydrogen-bond donors (Lipinski definition) is 2. The van der Waals surface area contributed by atoms with Crippen LogP contribution in [0.1, 0.15) is 30.0 Å². The Morgan fingerprint density at radius 2 is 2.00 bits per heavy atom. The Hall–Kier alpha value is -1.35. The molecule has 0 aromatic heterocycles. The smallest absolute Gasteiger partial charge is 0.306 e. The summed E-state index contributed by atoms with van der Waals surface area (Å²) in [5.74, 6) is -0.981. The third-order valence-electron chi connectivity index (χ3n) is 3.34. The summed E-state index contributed by atoms with van der Waals surface area (Å²) in [6.45, 7) is 7.64. The number of aliphatic carboxylic acids is 1. The van der Waals surface area contributed by atoms with Crippen LogP contribution in [0.25, 0.3) is 0 Å². The van der Waals surface area contributed by atoms with Gasteiger partial charge in [0.25, 0.3) is 0 Å². The van der Waals surface area contributed by atoms with Gasteiger partial charge in [0, 0.05) is 0 Å². The van der Waals surface area contributed by atoms with E-state index in [2.05, 4.69) is 37.4 Å². The zero-order chi connectivity index (χ0) is 13.5. The first-order valence-electron chi connectivity index (χ1n) is 6.50. The van der Waals surface area contributed by atoms with Crippen molar-refractivity contribution < 1.29 is 9.90 Å². The van der Waals surface area contributed by atoms with Crippen LogP contribution >= 0.6 is 0 Å². The van der Waals surface area contributed by atoms with E-state index >= 15 is 0 Å². The van der Waals surface area contributed by atoms with Gasteiger partial charge in [0.05, 0.1) is 5.92 Å². The van der Waals surface area contributed by atoms with E-state index < -0.39 is 5.97 Å². The Kier molecular flexibility index (Phi) is 5.86. The van der Waals surface area contributed by atoms with Crippen molar-refractivity contribution in [1.29, 1.82) is 0 Å². The summed E-state index contributed by atoms with van der Waals surface area (Å²) in [4.78, 5) is 10.6. The summed E-state index contributed by atoms with van der Waals surface area (Å²) in [6.07, 6.45) is 1.67. The molecule has 3 heteroatoms. The number of hydrogen-bond acceptors (Lipinski definition) is 2. The highest BCUT2D eigenvalue weighted by atomic mass is 16.4. The minimum absolute atomic E-state index is 0.265. The molecule has 1 unspecified atom stereocenters. The molecule has 1 aromatic carbocycles. The molecule has 1 aromatic rings. The van der Waals surface area contributed by atoms with Gasteiger partial charge in [-0.2, -0.15) is 0 Å². The molecular weight excluding hydrogens is 226 g/mol. The molecule has 0 aliphatic rings. The second kappa shape index (κ2) is 7.17. The average Bonchev–Trinajstić information content (AvgIpc) is 2.32. The maximum atomic E-state index is 10.6. The maximum absolute atomic E-state index is 10.6. The van der Waals surface area contributed by atoms with Crippen molar-refractivity contribution in [3.05, 3.63) is 34.9 Å². The van der Waals surface area contributed by atoms with E-state index in [9.17, 15) is 4.79 Å². The summed E-state index contributed by atoms with van der Waals surface area (Å²) in [5, 5.41) is 12.0. The van der Waals surface area contributed by atoms with E-state index in [-0.39, 0.29) is 5.92 Å². The van der Waals surface area contributed by atoms with E-state index in [1.165, 1.54) is 16.7 Å². The van der Waals surface area contributed by atoms with Gasteiger partial charge in [-0.15, -0.1) is 0 Å². The third-order valence-corrected chi connectivity index (χ3v) is 3.34. The van der Waals surface area contributed by atoms with Crippen LogP contribution in [0, 0.1) is 19.8 Å². The number of carboxylic acid groups (broad SMARTS) is 1. The fourth-order valence-electron chi connectivity index (χ4n) is 1.76. The van der Waals surface area contributed by atoms with Crippen molar-refractivity contribution in [3.63, 3.8) is 0 Å². The summed E-state index contributed by atoms with van der Waals surface area (Å²) in [5.41, 5.74) is 3.98. The first-order chi connectivity index (χ1) is 8.50. The molecule has 0 aliphatic heterocycles.